The van der Waals surface area contributed by atoms with Gasteiger partial charge in [-0.15, -0.1) is 6.42 Å². The fourth-order valence-corrected chi connectivity index (χ4v) is 2.41. The Bertz CT molecular complexity index is 715. The molecule has 9 nitrogen and oxygen atoms in total. The average molecular weight is 345 g/mol. The molecule has 25 heavy (non-hydrogen) atoms. The summed E-state index contributed by atoms with van der Waals surface area (Å²) in [5.74, 6) is 0.545. The number of imide groups is 1. The number of hydrazine groups is 1. The number of carboxylic acids is 1. The Balaban J connectivity index is 1.87. The predicted molar refractivity (Wildman–Crippen MR) is 88.6 cm³/mol. The Kier molecular flexibility index (Phi) is 6.05. The lowest BCUT2D eigenvalue weighted by Gasteiger charge is -2.20. The van der Waals surface area contributed by atoms with Gasteiger partial charge in [0.25, 0.3) is 5.91 Å². The van der Waals surface area contributed by atoms with Gasteiger partial charge < -0.3 is 16.2 Å². The summed E-state index contributed by atoms with van der Waals surface area (Å²) in [6.07, 6.45) is 5.34. The monoisotopic (exact) mass is 345 g/mol. The van der Waals surface area contributed by atoms with E-state index in [0.717, 1.165) is 10.7 Å². The first kappa shape index (κ1) is 18.4. The van der Waals surface area contributed by atoms with Crippen molar-refractivity contribution in [1.82, 2.24) is 20.7 Å². The minimum Gasteiger partial charge on any atom is -0.481 e. The van der Waals surface area contributed by atoms with Crippen molar-refractivity contribution in [3.63, 3.8) is 0 Å². The first-order valence-corrected chi connectivity index (χ1v) is 7.66. The van der Waals surface area contributed by atoms with Crippen LogP contribution in [0.3, 0.4) is 0 Å². The molecule has 1 aliphatic heterocycles. The molecule has 5 N–H and O–H groups in total. The van der Waals surface area contributed by atoms with Gasteiger partial charge >= 0.3 is 5.97 Å². The van der Waals surface area contributed by atoms with Gasteiger partial charge in [-0.1, -0.05) is 12.0 Å². The second kappa shape index (κ2) is 8.23. The third-order valence-electron chi connectivity index (χ3n) is 3.61. The van der Waals surface area contributed by atoms with Crippen molar-refractivity contribution in [3.05, 3.63) is 23.9 Å². The molecular weight excluding hydrogens is 326 g/mol. The molecule has 2 rings (SSSR count). The molecule has 2 unspecified atom stereocenters. The summed E-state index contributed by atoms with van der Waals surface area (Å²) in [6.45, 7) is 0.432. The zero-order chi connectivity index (χ0) is 18.4. The third-order valence-corrected chi connectivity index (χ3v) is 3.61. The largest absolute Gasteiger partial charge is 0.481 e. The predicted octanol–water partition coefficient (Wildman–Crippen LogP) is -1.10. The van der Waals surface area contributed by atoms with Crippen molar-refractivity contribution in [2.75, 3.05) is 12.3 Å². The number of hydrogen-bond donors (Lipinski definition) is 4. The van der Waals surface area contributed by atoms with Gasteiger partial charge in [-0.25, -0.2) is 15.4 Å². The lowest BCUT2D eigenvalue weighted by atomic mass is 10.2. The number of anilines is 1. The van der Waals surface area contributed by atoms with E-state index in [4.69, 9.17) is 17.3 Å². The lowest BCUT2D eigenvalue weighted by molar-refractivity contribution is -0.145. The van der Waals surface area contributed by atoms with E-state index in [0.29, 0.717) is 18.8 Å². The van der Waals surface area contributed by atoms with Gasteiger partial charge in [-0.3, -0.25) is 14.4 Å². The fourth-order valence-electron chi connectivity index (χ4n) is 2.41. The maximum atomic E-state index is 12.3. The summed E-state index contributed by atoms with van der Waals surface area (Å²) in [5, 5.41) is 12.6. The summed E-state index contributed by atoms with van der Waals surface area (Å²) in [7, 11) is 0. The maximum Gasteiger partial charge on any atom is 0.306 e. The van der Waals surface area contributed by atoms with Crippen LogP contribution in [0.5, 0.6) is 0 Å². The van der Waals surface area contributed by atoms with E-state index < -0.39 is 36.3 Å². The first-order chi connectivity index (χ1) is 11.9. The van der Waals surface area contributed by atoms with Gasteiger partial charge in [0, 0.05) is 18.7 Å². The smallest absolute Gasteiger partial charge is 0.306 e. The zero-order valence-electron chi connectivity index (χ0n) is 13.4. The molecule has 1 fully saturated rings. The zero-order valence-corrected chi connectivity index (χ0v) is 13.4. The highest BCUT2D eigenvalue weighted by Gasteiger charge is 2.39. The molecule has 0 radical (unpaired) electrons. The number of carbonyl (C=O) groups excluding carboxylic acids is 2. The number of carbonyl (C=O) groups is 3. The molecule has 1 aromatic rings. The topological polar surface area (TPSA) is 138 Å². The molecule has 1 saturated heterocycles. The van der Waals surface area contributed by atoms with E-state index in [1.54, 1.807) is 12.1 Å². The number of amides is 2. The van der Waals surface area contributed by atoms with Crippen molar-refractivity contribution in [2.45, 2.75) is 31.3 Å². The van der Waals surface area contributed by atoms with Crippen molar-refractivity contribution in [3.8, 4) is 12.3 Å². The van der Waals surface area contributed by atoms with Crippen LogP contribution in [0.15, 0.2) is 18.2 Å². The van der Waals surface area contributed by atoms with Crippen LogP contribution >= 0.6 is 0 Å². The molecule has 0 aliphatic carbocycles. The number of rotatable bonds is 8. The minimum atomic E-state index is -1.13. The number of aliphatic carboxylic acids is 1. The number of pyridine rings is 1. The molecule has 2 heterocycles. The van der Waals surface area contributed by atoms with Crippen LogP contribution in [-0.2, 0) is 20.8 Å². The third kappa shape index (κ3) is 5.00. The van der Waals surface area contributed by atoms with Gasteiger partial charge in [0.05, 0.1) is 24.9 Å². The van der Waals surface area contributed by atoms with Gasteiger partial charge in [0.2, 0.25) is 5.91 Å². The molecule has 1 aromatic heterocycles. The summed E-state index contributed by atoms with van der Waals surface area (Å²) >= 11 is 0. The fraction of sp³-hybridized carbons (Fsp3) is 0.375. The number of terminal acetylenes is 1. The number of nitrogens with two attached hydrogens (primary N) is 1. The molecule has 2 amide bonds. The average Bonchev–Trinajstić information content (AvgIpc) is 2.81. The Hall–Kier alpha value is -2.96. The standard InChI is InChI=1S/C16H19N5O4/c1-2-10(8-15(23)24)20-21-14(22)9-12(16(21)25)18-7-6-11-4-3-5-13(17)19-11/h1,3-5,10,12,18,20H,6-9H2,(H2,17,19)(H,23,24). The first-order valence-electron chi connectivity index (χ1n) is 7.66. The Labute approximate surface area is 144 Å². The Morgan fingerprint density at radius 2 is 2.28 bits per heavy atom. The molecule has 0 bridgehead atoms. The van der Waals surface area contributed by atoms with Gasteiger partial charge in [0.1, 0.15) is 5.82 Å². The number of carboxylic acid groups (broad SMARTS) is 1. The summed E-state index contributed by atoms with van der Waals surface area (Å²) in [5.41, 5.74) is 8.86. The van der Waals surface area contributed by atoms with Gasteiger partial charge in [-0.2, -0.15) is 0 Å². The van der Waals surface area contributed by atoms with E-state index in [-0.39, 0.29) is 6.42 Å². The van der Waals surface area contributed by atoms with Crippen LogP contribution in [0.2, 0.25) is 0 Å². The second-order valence-corrected chi connectivity index (χ2v) is 5.53. The Morgan fingerprint density at radius 3 is 2.92 bits per heavy atom. The van der Waals surface area contributed by atoms with E-state index in [2.05, 4.69) is 21.6 Å². The molecule has 1 aliphatic rings. The van der Waals surface area contributed by atoms with E-state index >= 15 is 0 Å². The number of nitrogen functional groups attached to an aromatic ring is 1. The van der Waals surface area contributed by atoms with Gasteiger partial charge in [-0.05, 0) is 12.1 Å². The van der Waals surface area contributed by atoms with Crippen LogP contribution in [-0.4, -0.2) is 51.5 Å². The highest BCUT2D eigenvalue weighted by atomic mass is 16.4. The highest BCUT2D eigenvalue weighted by Crippen LogP contribution is 2.12. The second-order valence-electron chi connectivity index (χ2n) is 5.53. The summed E-state index contributed by atoms with van der Waals surface area (Å²) in [6, 6.07) is 3.65. The van der Waals surface area contributed by atoms with Crippen molar-refractivity contribution >= 4 is 23.6 Å². The van der Waals surface area contributed by atoms with Gasteiger partial charge in [0.15, 0.2) is 0 Å². The molecule has 132 valence electrons. The van der Waals surface area contributed by atoms with Crippen LogP contribution < -0.4 is 16.5 Å². The van der Waals surface area contributed by atoms with Crippen molar-refractivity contribution in [1.29, 1.82) is 0 Å². The Morgan fingerprint density at radius 1 is 1.52 bits per heavy atom. The SMILES string of the molecule is C#CC(CC(=O)O)NN1C(=O)CC(NCCc2cccc(N)n2)C1=O. The quantitative estimate of drug-likeness (QED) is 0.344. The normalized spacial score (nSPS) is 18.2. The molecule has 0 aromatic carbocycles. The lowest BCUT2D eigenvalue weighted by Crippen LogP contribution is -2.50. The highest BCUT2D eigenvalue weighted by molar-refractivity contribution is 6.05. The van der Waals surface area contributed by atoms with E-state index in [9.17, 15) is 14.4 Å². The van der Waals surface area contributed by atoms with Crippen molar-refractivity contribution in [2.24, 2.45) is 0 Å². The number of hydrogen-bond acceptors (Lipinski definition) is 7. The molecule has 2 atom stereocenters. The maximum absolute atomic E-state index is 12.3. The molecule has 9 heteroatoms. The summed E-state index contributed by atoms with van der Waals surface area (Å²) in [4.78, 5) is 39.1. The summed E-state index contributed by atoms with van der Waals surface area (Å²) < 4.78 is 0. The van der Waals surface area contributed by atoms with Crippen LogP contribution in [0, 0.1) is 12.3 Å². The molecule has 0 saturated carbocycles. The van der Waals surface area contributed by atoms with E-state index in [1.807, 2.05) is 6.07 Å². The van der Waals surface area contributed by atoms with Crippen molar-refractivity contribution < 1.29 is 19.5 Å². The number of nitrogens with one attached hydrogen (secondary N) is 2. The number of nitrogens with zero attached hydrogens (tertiary/aromatic N) is 2. The van der Waals surface area contributed by atoms with E-state index in [1.165, 1.54) is 0 Å². The van der Waals surface area contributed by atoms with Crippen LogP contribution in [0.1, 0.15) is 18.5 Å². The minimum absolute atomic E-state index is 0.0272. The van der Waals surface area contributed by atoms with Crippen LogP contribution in [0.25, 0.3) is 0 Å². The molecular formula is C16H19N5O4. The van der Waals surface area contributed by atoms with Crippen LogP contribution in [0.4, 0.5) is 5.82 Å². The number of aromatic nitrogens is 1. The molecule has 0 spiro atoms.